The number of hydrogen-bond acceptors (Lipinski definition) is 3. The van der Waals surface area contributed by atoms with Crippen LogP contribution in [0.3, 0.4) is 0 Å². The number of para-hydroxylation sites is 1. The summed E-state index contributed by atoms with van der Waals surface area (Å²) in [5.74, 6) is -0.687. The monoisotopic (exact) mass is 272 g/mol. The van der Waals surface area contributed by atoms with E-state index in [1.165, 1.54) is 0 Å². The lowest BCUT2D eigenvalue weighted by Crippen LogP contribution is -2.07. The zero-order valence-electron chi connectivity index (χ0n) is 11.1. The van der Waals surface area contributed by atoms with Crippen LogP contribution < -0.4 is 4.74 Å². The first kappa shape index (κ1) is 13.9. The number of benzene rings is 2. The number of hydrogen-bond donors (Lipinski definition) is 2. The zero-order chi connectivity index (χ0) is 14.5. The Balaban J connectivity index is 2.09. The lowest BCUT2D eigenvalue weighted by atomic mass is 10.0. The predicted molar refractivity (Wildman–Crippen MR) is 74.9 cm³/mol. The molecule has 1 unspecified atom stereocenters. The summed E-state index contributed by atoms with van der Waals surface area (Å²) in [6.07, 6.45) is 0. The molecule has 0 bridgehead atoms. The van der Waals surface area contributed by atoms with Crippen LogP contribution in [0.15, 0.2) is 48.5 Å². The Morgan fingerprint density at radius 3 is 2.65 bits per heavy atom. The molecule has 0 aliphatic carbocycles. The van der Waals surface area contributed by atoms with E-state index in [0.717, 1.165) is 0 Å². The van der Waals surface area contributed by atoms with Crippen molar-refractivity contribution in [1.82, 2.24) is 0 Å². The topological polar surface area (TPSA) is 66.8 Å². The predicted octanol–water partition coefficient (Wildman–Crippen LogP) is 3.16. The fraction of sp³-hybridized carbons (Fsp3) is 0.188. The number of aliphatic carboxylic acids is 1. The van der Waals surface area contributed by atoms with Crippen molar-refractivity contribution in [1.29, 1.82) is 0 Å². The zero-order valence-corrected chi connectivity index (χ0v) is 11.1. The van der Waals surface area contributed by atoms with Gasteiger partial charge < -0.3 is 14.9 Å². The van der Waals surface area contributed by atoms with E-state index in [1.807, 2.05) is 6.07 Å². The highest BCUT2D eigenvalue weighted by Gasteiger charge is 2.14. The smallest absolute Gasteiger partial charge is 0.310 e. The molecule has 0 aromatic heterocycles. The maximum atomic E-state index is 11.0. The first-order chi connectivity index (χ1) is 9.58. The van der Waals surface area contributed by atoms with Crippen molar-refractivity contribution in [3.8, 4) is 11.5 Å². The molecule has 0 aliphatic rings. The average molecular weight is 272 g/mol. The average Bonchev–Trinajstić information content (AvgIpc) is 2.46. The number of carboxylic acids is 1. The van der Waals surface area contributed by atoms with Crippen LogP contribution in [-0.4, -0.2) is 16.2 Å². The number of ether oxygens (including phenoxy) is 1. The van der Waals surface area contributed by atoms with Gasteiger partial charge >= 0.3 is 5.97 Å². The first-order valence-corrected chi connectivity index (χ1v) is 6.30. The van der Waals surface area contributed by atoms with Crippen LogP contribution in [-0.2, 0) is 11.4 Å². The van der Waals surface area contributed by atoms with Gasteiger partial charge in [0.15, 0.2) is 0 Å². The molecule has 4 heteroatoms. The number of phenolic OH excluding ortho intramolecular Hbond substituents is 1. The fourth-order valence-corrected chi connectivity index (χ4v) is 1.81. The summed E-state index contributed by atoms with van der Waals surface area (Å²) in [5, 5.41) is 18.6. The van der Waals surface area contributed by atoms with Crippen molar-refractivity contribution >= 4 is 5.97 Å². The van der Waals surface area contributed by atoms with Crippen molar-refractivity contribution in [2.75, 3.05) is 0 Å². The largest absolute Gasteiger partial charge is 0.508 e. The second-order valence-corrected chi connectivity index (χ2v) is 4.55. The SMILES string of the molecule is CC(C(=O)O)c1cccc(OCc2ccccc2O)c1. The minimum atomic E-state index is -0.872. The van der Waals surface area contributed by atoms with E-state index in [0.29, 0.717) is 16.9 Å². The third-order valence-corrected chi connectivity index (χ3v) is 3.11. The summed E-state index contributed by atoms with van der Waals surface area (Å²) < 4.78 is 5.59. The summed E-state index contributed by atoms with van der Waals surface area (Å²) in [7, 11) is 0. The number of phenols is 1. The molecular formula is C16H16O4. The molecule has 1 atom stereocenters. The van der Waals surface area contributed by atoms with Gasteiger partial charge in [-0.15, -0.1) is 0 Å². The third kappa shape index (κ3) is 3.29. The van der Waals surface area contributed by atoms with Gasteiger partial charge in [-0.25, -0.2) is 0 Å². The number of rotatable bonds is 5. The van der Waals surface area contributed by atoms with Gasteiger partial charge in [0.25, 0.3) is 0 Å². The molecular weight excluding hydrogens is 256 g/mol. The van der Waals surface area contributed by atoms with E-state index in [1.54, 1.807) is 49.4 Å². The summed E-state index contributed by atoms with van der Waals surface area (Å²) in [6.45, 7) is 1.86. The van der Waals surface area contributed by atoms with Crippen molar-refractivity contribution in [3.05, 3.63) is 59.7 Å². The number of carboxylic acid groups (broad SMARTS) is 1. The second kappa shape index (κ2) is 6.10. The Labute approximate surface area is 117 Å². The van der Waals surface area contributed by atoms with Crippen LogP contribution in [0.4, 0.5) is 0 Å². The van der Waals surface area contributed by atoms with Crippen molar-refractivity contribution in [2.24, 2.45) is 0 Å². The molecule has 0 spiro atoms. The van der Waals surface area contributed by atoms with Gasteiger partial charge in [-0.05, 0) is 30.7 Å². The summed E-state index contributed by atoms with van der Waals surface area (Å²) in [6, 6.07) is 13.9. The molecule has 0 radical (unpaired) electrons. The lowest BCUT2D eigenvalue weighted by molar-refractivity contribution is -0.138. The molecule has 20 heavy (non-hydrogen) atoms. The highest BCUT2D eigenvalue weighted by Crippen LogP contribution is 2.23. The number of aromatic hydroxyl groups is 1. The third-order valence-electron chi connectivity index (χ3n) is 3.11. The fourth-order valence-electron chi connectivity index (χ4n) is 1.81. The summed E-state index contributed by atoms with van der Waals surface area (Å²) in [4.78, 5) is 11.0. The van der Waals surface area contributed by atoms with Crippen LogP contribution in [0.1, 0.15) is 24.0 Å². The maximum absolute atomic E-state index is 11.0. The Hall–Kier alpha value is -2.49. The molecule has 2 rings (SSSR count). The van der Waals surface area contributed by atoms with Crippen LogP contribution in [0, 0.1) is 0 Å². The lowest BCUT2D eigenvalue weighted by Gasteiger charge is -2.11. The van der Waals surface area contributed by atoms with Gasteiger partial charge in [0.05, 0.1) is 5.92 Å². The van der Waals surface area contributed by atoms with E-state index in [2.05, 4.69) is 0 Å². The highest BCUT2D eigenvalue weighted by atomic mass is 16.5. The van der Waals surface area contributed by atoms with E-state index in [9.17, 15) is 9.90 Å². The molecule has 0 amide bonds. The van der Waals surface area contributed by atoms with Crippen molar-refractivity contribution in [2.45, 2.75) is 19.4 Å². The Morgan fingerprint density at radius 1 is 1.20 bits per heavy atom. The molecule has 0 saturated heterocycles. The van der Waals surface area contributed by atoms with E-state index in [-0.39, 0.29) is 12.4 Å². The Bertz CT molecular complexity index is 607. The van der Waals surface area contributed by atoms with Gasteiger partial charge in [0.2, 0.25) is 0 Å². The van der Waals surface area contributed by atoms with Crippen LogP contribution in [0.2, 0.25) is 0 Å². The normalized spacial score (nSPS) is 11.8. The number of carbonyl (C=O) groups is 1. The highest BCUT2D eigenvalue weighted by molar-refractivity contribution is 5.75. The molecule has 0 fully saturated rings. The van der Waals surface area contributed by atoms with E-state index < -0.39 is 11.9 Å². The van der Waals surface area contributed by atoms with Gasteiger partial charge in [-0.3, -0.25) is 4.79 Å². The molecule has 0 saturated carbocycles. The minimum absolute atomic E-state index is 0.183. The summed E-state index contributed by atoms with van der Waals surface area (Å²) >= 11 is 0. The van der Waals surface area contributed by atoms with Gasteiger partial charge in [-0.2, -0.15) is 0 Å². The van der Waals surface area contributed by atoms with Crippen molar-refractivity contribution < 1.29 is 19.7 Å². The molecule has 4 nitrogen and oxygen atoms in total. The van der Waals surface area contributed by atoms with Crippen LogP contribution in [0.25, 0.3) is 0 Å². The summed E-state index contributed by atoms with van der Waals surface area (Å²) in [5.41, 5.74) is 1.37. The van der Waals surface area contributed by atoms with Gasteiger partial charge in [0.1, 0.15) is 18.1 Å². The second-order valence-electron chi connectivity index (χ2n) is 4.55. The molecule has 0 heterocycles. The van der Waals surface area contributed by atoms with Crippen LogP contribution in [0.5, 0.6) is 11.5 Å². The first-order valence-electron chi connectivity index (χ1n) is 6.30. The van der Waals surface area contributed by atoms with Crippen molar-refractivity contribution in [3.63, 3.8) is 0 Å². The molecule has 2 aromatic rings. The van der Waals surface area contributed by atoms with E-state index in [4.69, 9.17) is 9.84 Å². The quantitative estimate of drug-likeness (QED) is 0.877. The standard InChI is InChI=1S/C16H16O4/c1-11(16(18)19)12-6-4-7-14(9-12)20-10-13-5-2-3-8-15(13)17/h2-9,11,17H,10H2,1H3,(H,18,19). The molecule has 2 aromatic carbocycles. The van der Waals surface area contributed by atoms with Crippen LogP contribution >= 0.6 is 0 Å². The minimum Gasteiger partial charge on any atom is -0.508 e. The van der Waals surface area contributed by atoms with Gasteiger partial charge in [0, 0.05) is 5.56 Å². The molecule has 104 valence electrons. The maximum Gasteiger partial charge on any atom is 0.310 e. The van der Waals surface area contributed by atoms with Gasteiger partial charge in [-0.1, -0.05) is 30.3 Å². The molecule has 0 aliphatic heterocycles. The molecule has 2 N–H and O–H groups in total. The van der Waals surface area contributed by atoms with E-state index >= 15 is 0 Å². The Morgan fingerprint density at radius 2 is 1.95 bits per heavy atom. The Kier molecular flexibility index (Phi) is 4.25.